The van der Waals surface area contributed by atoms with E-state index in [4.69, 9.17) is 10.5 Å². The van der Waals surface area contributed by atoms with Crippen LogP contribution in [0.5, 0.6) is 0 Å². The minimum absolute atomic E-state index is 0.0295. The van der Waals surface area contributed by atoms with Gasteiger partial charge in [0.1, 0.15) is 6.61 Å². The Morgan fingerprint density at radius 1 is 1.32 bits per heavy atom. The maximum atomic E-state index is 11.7. The smallest absolute Gasteiger partial charge is 0.246 e. The van der Waals surface area contributed by atoms with Gasteiger partial charge in [0.15, 0.2) is 0 Å². The lowest BCUT2D eigenvalue weighted by molar-refractivity contribution is -0.127. The molecule has 112 valence electrons. The van der Waals surface area contributed by atoms with Gasteiger partial charge in [0.05, 0.1) is 6.61 Å². The molecule has 3 N–H and O–H groups in total. The summed E-state index contributed by atoms with van der Waals surface area (Å²) in [5, 5.41) is 2.94. The summed E-state index contributed by atoms with van der Waals surface area (Å²) >= 11 is 0. The first-order chi connectivity index (χ1) is 9.06. The Hall–Kier alpha value is -0.610. The van der Waals surface area contributed by atoms with Crippen LogP contribution >= 0.6 is 0 Å². The Bertz CT molecular complexity index is 261. The van der Waals surface area contributed by atoms with Crippen LogP contribution in [0.4, 0.5) is 0 Å². The summed E-state index contributed by atoms with van der Waals surface area (Å²) in [6, 6.07) is 0.228. The monoisotopic (exact) mass is 270 g/mol. The van der Waals surface area contributed by atoms with E-state index in [1.165, 1.54) is 25.7 Å². The fourth-order valence-corrected chi connectivity index (χ4v) is 2.75. The molecular formula is C15H30N2O2. The van der Waals surface area contributed by atoms with Crippen molar-refractivity contribution in [1.29, 1.82) is 0 Å². The summed E-state index contributed by atoms with van der Waals surface area (Å²) in [5.74, 6) is -0.0295. The molecule has 1 saturated carbocycles. The SMILES string of the molecule is CCCC(C)NC(=O)COCC1(N)CCCCCC1. The van der Waals surface area contributed by atoms with Crippen molar-refractivity contribution in [1.82, 2.24) is 5.32 Å². The van der Waals surface area contributed by atoms with E-state index in [2.05, 4.69) is 12.2 Å². The van der Waals surface area contributed by atoms with E-state index >= 15 is 0 Å². The van der Waals surface area contributed by atoms with Crippen LogP contribution in [0.2, 0.25) is 0 Å². The van der Waals surface area contributed by atoms with Crippen molar-refractivity contribution in [2.24, 2.45) is 5.73 Å². The second-order valence-electron chi connectivity index (χ2n) is 6.03. The van der Waals surface area contributed by atoms with Gasteiger partial charge in [-0.25, -0.2) is 0 Å². The van der Waals surface area contributed by atoms with Gasteiger partial charge < -0.3 is 15.8 Å². The summed E-state index contributed by atoms with van der Waals surface area (Å²) < 4.78 is 5.54. The fraction of sp³-hybridized carbons (Fsp3) is 0.933. The molecule has 0 aromatic heterocycles. The summed E-state index contributed by atoms with van der Waals surface area (Å²) in [6.45, 7) is 4.77. The lowest BCUT2D eigenvalue weighted by Crippen LogP contribution is -2.45. The van der Waals surface area contributed by atoms with Gasteiger partial charge in [-0.3, -0.25) is 4.79 Å². The van der Waals surface area contributed by atoms with Crippen molar-refractivity contribution in [2.45, 2.75) is 76.8 Å². The number of carbonyl (C=O) groups is 1. The third-order valence-corrected chi connectivity index (χ3v) is 3.85. The molecule has 1 aliphatic rings. The van der Waals surface area contributed by atoms with Crippen LogP contribution < -0.4 is 11.1 Å². The molecule has 0 aromatic rings. The first kappa shape index (κ1) is 16.4. The maximum Gasteiger partial charge on any atom is 0.246 e. The molecule has 0 saturated heterocycles. The van der Waals surface area contributed by atoms with Crippen molar-refractivity contribution >= 4 is 5.91 Å². The molecule has 1 fully saturated rings. The van der Waals surface area contributed by atoms with Gasteiger partial charge in [-0.15, -0.1) is 0 Å². The second kappa shape index (κ2) is 8.54. The number of hydrogen-bond donors (Lipinski definition) is 2. The number of amides is 1. The van der Waals surface area contributed by atoms with Gasteiger partial charge in [0.2, 0.25) is 5.91 Å². The standard InChI is InChI=1S/C15H30N2O2/c1-3-8-13(2)17-14(18)11-19-12-15(16)9-6-4-5-7-10-15/h13H,3-12,16H2,1-2H3,(H,17,18). The molecule has 19 heavy (non-hydrogen) atoms. The predicted molar refractivity (Wildman–Crippen MR) is 78.0 cm³/mol. The van der Waals surface area contributed by atoms with Crippen LogP contribution in [-0.4, -0.2) is 30.7 Å². The highest BCUT2D eigenvalue weighted by atomic mass is 16.5. The molecule has 1 atom stereocenters. The average Bonchev–Trinajstić information content (AvgIpc) is 2.54. The van der Waals surface area contributed by atoms with E-state index < -0.39 is 0 Å². The van der Waals surface area contributed by atoms with Gasteiger partial charge in [0.25, 0.3) is 0 Å². The lowest BCUT2D eigenvalue weighted by Gasteiger charge is -2.27. The number of carbonyl (C=O) groups excluding carboxylic acids is 1. The highest BCUT2D eigenvalue weighted by molar-refractivity contribution is 5.77. The number of ether oxygens (including phenoxy) is 1. The molecule has 0 aliphatic heterocycles. The van der Waals surface area contributed by atoms with E-state index in [1.807, 2.05) is 6.92 Å². The zero-order chi connectivity index (χ0) is 14.1. The minimum atomic E-state index is -0.216. The van der Waals surface area contributed by atoms with Crippen molar-refractivity contribution in [3.63, 3.8) is 0 Å². The summed E-state index contributed by atoms with van der Waals surface area (Å²) in [6.07, 6.45) is 9.02. The zero-order valence-corrected chi connectivity index (χ0v) is 12.5. The molecule has 1 aliphatic carbocycles. The van der Waals surface area contributed by atoms with Crippen LogP contribution in [0.15, 0.2) is 0 Å². The molecule has 0 aromatic carbocycles. The molecule has 1 unspecified atom stereocenters. The molecule has 0 heterocycles. The quantitative estimate of drug-likeness (QED) is 0.698. The average molecular weight is 270 g/mol. The van der Waals surface area contributed by atoms with Gasteiger partial charge in [0, 0.05) is 11.6 Å². The van der Waals surface area contributed by atoms with E-state index in [-0.39, 0.29) is 24.1 Å². The van der Waals surface area contributed by atoms with Crippen molar-refractivity contribution in [2.75, 3.05) is 13.2 Å². The minimum Gasteiger partial charge on any atom is -0.370 e. The van der Waals surface area contributed by atoms with Gasteiger partial charge in [-0.1, -0.05) is 39.0 Å². The molecular weight excluding hydrogens is 240 g/mol. The summed E-state index contributed by atoms with van der Waals surface area (Å²) in [4.78, 5) is 11.7. The largest absolute Gasteiger partial charge is 0.370 e. The van der Waals surface area contributed by atoms with Crippen LogP contribution in [0.3, 0.4) is 0 Å². The zero-order valence-electron chi connectivity index (χ0n) is 12.5. The van der Waals surface area contributed by atoms with Crippen LogP contribution in [0.25, 0.3) is 0 Å². The normalized spacial score (nSPS) is 20.6. The molecule has 1 amide bonds. The highest BCUT2D eigenvalue weighted by Crippen LogP contribution is 2.25. The van der Waals surface area contributed by atoms with Crippen LogP contribution in [-0.2, 0) is 9.53 Å². The van der Waals surface area contributed by atoms with Crippen molar-refractivity contribution in [3.05, 3.63) is 0 Å². The van der Waals surface area contributed by atoms with E-state index in [0.717, 1.165) is 25.7 Å². The molecule has 4 nitrogen and oxygen atoms in total. The number of nitrogens with two attached hydrogens (primary N) is 1. The summed E-state index contributed by atoms with van der Waals surface area (Å²) in [5.41, 5.74) is 6.12. The maximum absolute atomic E-state index is 11.7. The van der Waals surface area contributed by atoms with Crippen LogP contribution in [0.1, 0.15) is 65.2 Å². The second-order valence-corrected chi connectivity index (χ2v) is 6.03. The third-order valence-electron chi connectivity index (χ3n) is 3.85. The third kappa shape index (κ3) is 6.92. The van der Waals surface area contributed by atoms with E-state index in [0.29, 0.717) is 6.61 Å². The number of nitrogens with one attached hydrogen (secondary N) is 1. The summed E-state index contributed by atoms with van der Waals surface area (Å²) in [7, 11) is 0. The van der Waals surface area contributed by atoms with Crippen molar-refractivity contribution in [3.8, 4) is 0 Å². The Morgan fingerprint density at radius 3 is 2.53 bits per heavy atom. The first-order valence-corrected chi connectivity index (χ1v) is 7.72. The number of rotatable bonds is 7. The molecule has 0 radical (unpaired) electrons. The predicted octanol–water partition coefficient (Wildman–Crippen LogP) is 2.36. The van der Waals surface area contributed by atoms with Gasteiger partial charge in [-0.05, 0) is 26.2 Å². The Balaban J connectivity index is 2.19. The number of hydrogen-bond acceptors (Lipinski definition) is 3. The molecule has 1 rings (SSSR count). The lowest BCUT2D eigenvalue weighted by atomic mass is 9.93. The topological polar surface area (TPSA) is 64.3 Å². The molecule has 0 bridgehead atoms. The van der Waals surface area contributed by atoms with E-state index in [1.54, 1.807) is 0 Å². The van der Waals surface area contributed by atoms with Gasteiger partial charge in [-0.2, -0.15) is 0 Å². The molecule has 0 spiro atoms. The molecule has 4 heteroatoms. The highest BCUT2D eigenvalue weighted by Gasteiger charge is 2.26. The Morgan fingerprint density at radius 2 is 1.95 bits per heavy atom. The van der Waals surface area contributed by atoms with Crippen molar-refractivity contribution < 1.29 is 9.53 Å². The van der Waals surface area contributed by atoms with Crippen LogP contribution in [0, 0.1) is 0 Å². The first-order valence-electron chi connectivity index (χ1n) is 7.72. The van der Waals surface area contributed by atoms with E-state index in [9.17, 15) is 4.79 Å². The Kier molecular flexibility index (Phi) is 7.39. The Labute approximate surface area is 117 Å². The fourth-order valence-electron chi connectivity index (χ4n) is 2.75. The van der Waals surface area contributed by atoms with Gasteiger partial charge >= 0.3 is 0 Å².